The van der Waals surface area contributed by atoms with Gasteiger partial charge in [0.1, 0.15) is 6.61 Å². The summed E-state index contributed by atoms with van der Waals surface area (Å²) in [6, 6.07) is 0. The van der Waals surface area contributed by atoms with Crippen LogP contribution in [-0.4, -0.2) is 45.8 Å². The molecule has 84 valence electrons. The average Bonchev–Trinajstić information content (AvgIpc) is 2.02. The van der Waals surface area contributed by atoms with Gasteiger partial charge in [-0.3, -0.25) is 0 Å². The zero-order valence-electron chi connectivity index (χ0n) is 7.82. The molecule has 0 bridgehead atoms. The van der Waals surface area contributed by atoms with Gasteiger partial charge in [0, 0.05) is 13.1 Å². The van der Waals surface area contributed by atoms with Crippen LogP contribution in [0.5, 0.6) is 0 Å². The molecule has 8 heteroatoms. The van der Waals surface area contributed by atoms with Crippen LogP contribution in [0.2, 0.25) is 0 Å². The molecule has 0 amide bonds. The van der Waals surface area contributed by atoms with Gasteiger partial charge in [-0.2, -0.15) is 13.1 Å². The predicted molar refractivity (Wildman–Crippen MR) is 49.1 cm³/mol. The van der Waals surface area contributed by atoms with Crippen molar-refractivity contribution < 1.29 is 23.1 Å². The molecular weight excluding hydrogens is 212 g/mol. The standard InChI is InChI=1S/C6H14N2O5S/c1-2-7-14(11,12)8-3-4-13-5-6(9)10/h7-8H,2-5H2,1H3,(H,9,10). The number of carboxylic acid groups (broad SMARTS) is 1. The van der Waals surface area contributed by atoms with Crippen molar-refractivity contribution in [2.45, 2.75) is 6.92 Å². The minimum atomic E-state index is -3.46. The van der Waals surface area contributed by atoms with Crippen LogP contribution in [0.4, 0.5) is 0 Å². The Balaban J connectivity index is 3.49. The van der Waals surface area contributed by atoms with E-state index in [1.165, 1.54) is 0 Å². The Bertz CT molecular complexity index is 263. The summed E-state index contributed by atoms with van der Waals surface area (Å²) in [7, 11) is -3.46. The lowest BCUT2D eigenvalue weighted by Gasteiger charge is -2.05. The van der Waals surface area contributed by atoms with E-state index < -0.39 is 22.8 Å². The second-order valence-corrected chi connectivity index (χ2v) is 3.93. The van der Waals surface area contributed by atoms with Gasteiger partial charge in [0.05, 0.1) is 6.61 Å². The van der Waals surface area contributed by atoms with Crippen molar-refractivity contribution in [1.29, 1.82) is 0 Å². The van der Waals surface area contributed by atoms with Crippen molar-refractivity contribution in [3.05, 3.63) is 0 Å². The minimum absolute atomic E-state index is 0.0247. The molecular formula is C6H14N2O5S. The van der Waals surface area contributed by atoms with Crippen molar-refractivity contribution in [3.63, 3.8) is 0 Å². The molecule has 7 nitrogen and oxygen atoms in total. The molecule has 0 aromatic heterocycles. The lowest BCUT2D eigenvalue weighted by Crippen LogP contribution is -2.38. The molecule has 0 aliphatic heterocycles. The van der Waals surface area contributed by atoms with Gasteiger partial charge in [-0.15, -0.1) is 0 Å². The molecule has 0 atom stereocenters. The summed E-state index contributed by atoms with van der Waals surface area (Å²) in [6.07, 6.45) is 0. The van der Waals surface area contributed by atoms with E-state index in [0.717, 1.165) is 0 Å². The van der Waals surface area contributed by atoms with E-state index in [1.807, 2.05) is 0 Å². The van der Waals surface area contributed by atoms with Crippen LogP contribution in [0, 0.1) is 0 Å². The van der Waals surface area contributed by atoms with Crippen molar-refractivity contribution in [2.24, 2.45) is 0 Å². The highest BCUT2D eigenvalue weighted by Gasteiger charge is 2.05. The third kappa shape index (κ3) is 7.92. The number of hydrogen-bond acceptors (Lipinski definition) is 4. The first-order valence-corrected chi connectivity index (χ1v) is 5.50. The lowest BCUT2D eigenvalue weighted by atomic mass is 10.7. The second kappa shape index (κ2) is 6.71. The van der Waals surface area contributed by atoms with Gasteiger partial charge in [0.2, 0.25) is 0 Å². The topological polar surface area (TPSA) is 105 Å². The maximum atomic E-state index is 10.9. The Labute approximate surface area is 82.6 Å². The van der Waals surface area contributed by atoms with E-state index in [2.05, 4.69) is 14.2 Å². The zero-order valence-corrected chi connectivity index (χ0v) is 8.63. The Morgan fingerprint density at radius 3 is 2.57 bits per heavy atom. The Kier molecular flexibility index (Phi) is 6.37. The first kappa shape index (κ1) is 13.3. The fourth-order valence-corrected chi connectivity index (χ4v) is 1.48. The van der Waals surface area contributed by atoms with Crippen molar-refractivity contribution in [1.82, 2.24) is 9.44 Å². The van der Waals surface area contributed by atoms with Crippen LogP contribution >= 0.6 is 0 Å². The van der Waals surface area contributed by atoms with E-state index >= 15 is 0 Å². The maximum Gasteiger partial charge on any atom is 0.329 e. The number of ether oxygens (including phenoxy) is 1. The normalized spacial score (nSPS) is 11.5. The Morgan fingerprint density at radius 1 is 1.43 bits per heavy atom. The zero-order chi connectivity index (χ0) is 11.0. The van der Waals surface area contributed by atoms with Gasteiger partial charge in [0.25, 0.3) is 10.2 Å². The monoisotopic (exact) mass is 226 g/mol. The number of hydrogen-bond donors (Lipinski definition) is 3. The molecule has 0 heterocycles. The third-order valence-electron chi connectivity index (χ3n) is 1.10. The Morgan fingerprint density at radius 2 is 2.07 bits per heavy atom. The van der Waals surface area contributed by atoms with Crippen molar-refractivity contribution in [2.75, 3.05) is 26.3 Å². The van der Waals surface area contributed by atoms with Gasteiger partial charge >= 0.3 is 5.97 Å². The van der Waals surface area contributed by atoms with Crippen LogP contribution in [0.25, 0.3) is 0 Å². The molecule has 0 fully saturated rings. The molecule has 0 radical (unpaired) electrons. The number of carboxylic acids is 1. The lowest BCUT2D eigenvalue weighted by molar-refractivity contribution is -0.142. The fourth-order valence-electron chi connectivity index (χ4n) is 0.649. The predicted octanol–water partition coefficient (Wildman–Crippen LogP) is -1.47. The van der Waals surface area contributed by atoms with Gasteiger partial charge in [-0.25, -0.2) is 9.52 Å². The summed E-state index contributed by atoms with van der Waals surface area (Å²) in [4.78, 5) is 9.99. The second-order valence-electron chi connectivity index (χ2n) is 2.34. The summed E-state index contributed by atoms with van der Waals surface area (Å²) in [6.45, 7) is 1.59. The van der Waals surface area contributed by atoms with Gasteiger partial charge in [-0.05, 0) is 0 Å². The van der Waals surface area contributed by atoms with Crippen molar-refractivity contribution in [3.8, 4) is 0 Å². The van der Waals surface area contributed by atoms with Gasteiger partial charge < -0.3 is 9.84 Å². The van der Waals surface area contributed by atoms with E-state index in [9.17, 15) is 13.2 Å². The van der Waals surface area contributed by atoms with Crippen LogP contribution in [-0.2, 0) is 19.7 Å². The van der Waals surface area contributed by atoms with Crippen LogP contribution in [0.1, 0.15) is 6.92 Å². The van der Waals surface area contributed by atoms with Crippen LogP contribution < -0.4 is 9.44 Å². The third-order valence-corrected chi connectivity index (χ3v) is 2.35. The first-order valence-electron chi connectivity index (χ1n) is 4.01. The van der Waals surface area contributed by atoms with Crippen molar-refractivity contribution >= 4 is 16.2 Å². The largest absolute Gasteiger partial charge is 0.480 e. The molecule has 0 aromatic carbocycles. The maximum absolute atomic E-state index is 10.9. The summed E-state index contributed by atoms with van der Waals surface area (Å²) < 4.78 is 30.9. The number of rotatable bonds is 8. The van der Waals surface area contributed by atoms with E-state index in [1.54, 1.807) is 6.92 Å². The molecule has 0 aromatic rings. The SMILES string of the molecule is CCNS(=O)(=O)NCCOCC(=O)O. The smallest absolute Gasteiger partial charge is 0.329 e. The average molecular weight is 226 g/mol. The quantitative estimate of drug-likeness (QED) is 0.438. The summed E-state index contributed by atoms with van der Waals surface area (Å²) in [5, 5.41) is 8.18. The molecule has 0 aliphatic carbocycles. The van der Waals surface area contributed by atoms with Gasteiger partial charge in [0.15, 0.2) is 0 Å². The highest BCUT2D eigenvalue weighted by Crippen LogP contribution is 1.77. The molecule has 0 saturated heterocycles. The summed E-state index contributed by atoms with van der Waals surface area (Å²) >= 11 is 0. The number of nitrogens with one attached hydrogen (secondary N) is 2. The van der Waals surface area contributed by atoms with Gasteiger partial charge in [-0.1, -0.05) is 6.92 Å². The van der Waals surface area contributed by atoms with E-state index in [4.69, 9.17) is 5.11 Å². The summed E-state index contributed by atoms with van der Waals surface area (Å²) in [5.41, 5.74) is 0. The first-order chi connectivity index (χ1) is 6.48. The van der Waals surface area contributed by atoms with E-state index in [-0.39, 0.29) is 13.2 Å². The highest BCUT2D eigenvalue weighted by atomic mass is 32.2. The molecule has 0 saturated carbocycles. The fraction of sp³-hybridized carbons (Fsp3) is 0.833. The molecule has 0 unspecified atom stereocenters. The summed E-state index contributed by atoms with van der Waals surface area (Å²) in [5.74, 6) is -1.08. The Hall–Kier alpha value is -0.700. The minimum Gasteiger partial charge on any atom is -0.480 e. The van der Waals surface area contributed by atoms with E-state index in [0.29, 0.717) is 6.54 Å². The number of aliphatic carboxylic acids is 1. The van der Waals surface area contributed by atoms with Crippen LogP contribution in [0.3, 0.4) is 0 Å². The molecule has 0 rings (SSSR count). The molecule has 3 N–H and O–H groups in total. The van der Waals surface area contributed by atoms with Crippen LogP contribution in [0.15, 0.2) is 0 Å². The highest BCUT2D eigenvalue weighted by molar-refractivity contribution is 7.87. The number of carbonyl (C=O) groups is 1. The molecule has 0 spiro atoms. The molecule has 0 aliphatic rings. The molecule has 14 heavy (non-hydrogen) atoms.